The maximum absolute atomic E-state index is 13.2. The molecule has 5 nitrogen and oxygen atoms in total. The highest BCUT2D eigenvalue weighted by Gasteiger charge is 2.12. The molecule has 6 heteroatoms. The van der Waals surface area contributed by atoms with Gasteiger partial charge in [-0.3, -0.25) is 0 Å². The molecule has 0 aliphatic rings. The average molecular weight is 207 g/mol. The minimum Gasteiger partial charge on any atom is -0.381 e. The van der Waals surface area contributed by atoms with Gasteiger partial charge in [0.2, 0.25) is 0 Å². The minimum atomic E-state index is -0.576. The quantitative estimate of drug-likeness (QED) is 0.754. The Labute approximate surface area is 85.8 Å². The van der Waals surface area contributed by atoms with Crippen molar-refractivity contribution in [3.63, 3.8) is 0 Å². The van der Waals surface area contributed by atoms with Gasteiger partial charge in [0.05, 0.1) is 5.69 Å². The van der Waals surface area contributed by atoms with Crippen LogP contribution in [-0.2, 0) is 7.05 Å². The van der Waals surface area contributed by atoms with E-state index < -0.39 is 5.82 Å². The highest BCUT2D eigenvalue weighted by Crippen LogP contribution is 2.16. The number of hydrogen-bond donors (Lipinski definition) is 1. The van der Waals surface area contributed by atoms with Crippen LogP contribution in [0.25, 0.3) is 11.6 Å². The lowest BCUT2D eigenvalue weighted by atomic mass is 10.4. The van der Waals surface area contributed by atoms with Gasteiger partial charge in [0.1, 0.15) is 0 Å². The first kappa shape index (κ1) is 9.57. The van der Waals surface area contributed by atoms with Gasteiger partial charge in [-0.1, -0.05) is 0 Å². The van der Waals surface area contributed by atoms with Crippen molar-refractivity contribution in [1.82, 2.24) is 19.5 Å². The van der Waals surface area contributed by atoms with Crippen LogP contribution in [0.1, 0.15) is 5.69 Å². The SMILES string of the molecule is Cc1nc(-c2nccn2C)nc(N)c1F. The van der Waals surface area contributed by atoms with Gasteiger partial charge in [-0.25, -0.2) is 19.3 Å². The van der Waals surface area contributed by atoms with Crippen LogP contribution < -0.4 is 5.73 Å². The second-order valence-corrected chi connectivity index (χ2v) is 3.19. The Morgan fingerprint density at radius 1 is 1.40 bits per heavy atom. The Hall–Kier alpha value is -1.98. The predicted molar refractivity (Wildman–Crippen MR) is 53.3 cm³/mol. The summed E-state index contributed by atoms with van der Waals surface area (Å²) in [6, 6.07) is 0. The van der Waals surface area contributed by atoms with Crippen LogP contribution in [0.2, 0.25) is 0 Å². The Kier molecular flexibility index (Phi) is 2.11. The molecule has 0 aromatic carbocycles. The van der Waals surface area contributed by atoms with Crippen molar-refractivity contribution < 1.29 is 4.39 Å². The monoisotopic (exact) mass is 207 g/mol. The maximum atomic E-state index is 13.2. The van der Waals surface area contributed by atoms with Crippen LogP contribution >= 0.6 is 0 Å². The smallest absolute Gasteiger partial charge is 0.198 e. The van der Waals surface area contributed by atoms with E-state index in [2.05, 4.69) is 15.0 Å². The van der Waals surface area contributed by atoms with Crippen LogP contribution in [-0.4, -0.2) is 19.5 Å². The molecule has 0 amide bonds. The molecule has 0 unspecified atom stereocenters. The molecular weight excluding hydrogens is 197 g/mol. The van der Waals surface area contributed by atoms with E-state index in [9.17, 15) is 4.39 Å². The third kappa shape index (κ3) is 1.54. The van der Waals surface area contributed by atoms with Gasteiger partial charge < -0.3 is 10.3 Å². The molecule has 0 saturated heterocycles. The van der Waals surface area contributed by atoms with E-state index in [0.717, 1.165) is 0 Å². The number of halogens is 1. The second-order valence-electron chi connectivity index (χ2n) is 3.19. The molecule has 0 bridgehead atoms. The molecule has 0 fully saturated rings. The molecule has 2 N–H and O–H groups in total. The third-order valence-corrected chi connectivity index (χ3v) is 2.06. The lowest BCUT2D eigenvalue weighted by molar-refractivity contribution is 0.608. The highest BCUT2D eigenvalue weighted by atomic mass is 19.1. The van der Waals surface area contributed by atoms with Crippen molar-refractivity contribution in [2.24, 2.45) is 7.05 Å². The maximum Gasteiger partial charge on any atom is 0.198 e. The van der Waals surface area contributed by atoms with Gasteiger partial charge >= 0.3 is 0 Å². The fraction of sp³-hybridized carbons (Fsp3) is 0.222. The van der Waals surface area contributed by atoms with E-state index in [1.54, 1.807) is 30.9 Å². The minimum absolute atomic E-state index is 0.152. The summed E-state index contributed by atoms with van der Waals surface area (Å²) >= 11 is 0. The molecule has 0 aliphatic carbocycles. The summed E-state index contributed by atoms with van der Waals surface area (Å²) < 4.78 is 14.9. The number of rotatable bonds is 1. The van der Waals surface area contributed by atoms with Crippen LogP contribution in [0.3, 0.4) is 0 Å². The molecule has 0 saturated carbocycles. The van der Waals surface area contributed by atoms with Crippen LogP contribution in [0.4, 0.5) is 10.2 Å². The van der Waals surface area contributed by atoms with E-state index in [-0.39, 0.29) is 11.5 Å². The summed E-state index contributed by atoms with van der Waals surface area (Å²) in [5.41, 5.74) is 5.64. The zero-order valence-electron chi connectivity index (χ0n) is 8.40. The molecule has 78 valence electrons. The van der Waals surface area contributed by atoms with Gasteiger partial charge in [-0.2, -0.15) is 0 Å². The average Bonchev–Trinajstić information content (AvgIpc) is 2.60. The fourth-order valence-corrected chi connectivity index (χ4v) is 1.26. The molecule has 0 spiro atoms. The number of aromatic nitrogens is 4. The van der Waals surface area contributed by atoms with Crippen LogP contribution in [0.15, 0.2) is 12.4 Å². The summed E-state index contributed by atoms with van der Waals surface area (Å²) in [4.78, 5) is 11.9. The lowest BCUT2D eigenvalue weighted by Gasteiger charge is -2.04. The van der Waals surface area contributed by atoms with Crippen LogP contribution in [0.5, 0.6) is 0 Å². The zero-order chi connectivity index (χ0) is 11.0. The number of nitrogens with zero attached hydrogens (tertiary/aromatic N) is 4. The number of anilines is 1. The van der Waals surface area contributed by atoms with Crippen molar-refractivity contribution in [2.75, 3.05) is 5.73 Å². The predicted octanol–water partition coefficient (Wildman–Crippen LogP) is 0.907. The molecule has 15 heavy (non-hydrogen) atoms. The third-order valence-electron chi connectivity index (χ3n) is 2.06. The van der Waals surface area contributed by atoms with E-state index in [4.69, 9.17) is 5.73 Å². The Balaban J connectivity index is 2.60. The van der Waals surface area contributed by atoms with Crippen molar-refractivity contribution in [3.05, 3.63) is 23.9 Å². The second kappa shape index (κ2) is 3.30. The number of hydrogen-bond acceptors (Lipinski definition) is 4. The topological polar surface area (TPSA) is 69.6 Å². The van der Waals surface area contributed by atoms with Gasteiger partial charge in [-0.15, -0.1) is 0 Å². The van der Waals surface area contributed by atoms with Crippen molar-refractivity contribution in [2.45, 2.75) is 6.92 Å². The van der Waals surface area contributed by atoms with Crippen molar-refractivity contribution in [3.8, 4) is 11.6 Å². The standard InChI is InChI=1S/C9H10FN5/c1-5-6(10)7(11)14-8(13-5)9-12-3-4-15(9)2/h3-4H,1-2H3,(H2,11,13,14). The summed E-state index contributed by atoms with van der Waals surface area (Å²) in [6.07, 6.45) is 3.38. The number of nitrogens with two attached hydrogens (primary N) is 1. The first-order valence-corrected chi connectivity index (χ1v) is 4.37. The summed E-state index contributed by atoms with van der Waals surface area (Å²) in [7, 11) is 1.81. The van der Waals surface area contributed by atoms with E-state index >= 15 is 0 Å². The Morgan fingerprint density at radius 3 is 2.67 bits per heavy atom. The molecular formula is C9H10FN5. The summed E-state index contributed by atoms with van der Waals surface area (Å²) in [5.74, 6) is 0.164. The molecule has 0 aliphatic heterocycles. The van der Waals surface area contributed by atoms with Crippen LogP contribution in [0, 0.1) is 12.7 Å². The number of imidazole rings is 1. The number of aryl methyl sites for hydroxylation is 2. The molecule has 2 rings (SSSR count). The van der Waals surface area contributed by atoms with Gasteiger partial charge in [-0.05, 0) is 6.92 Å². The highest BCUT2D eigenvalue weighted by molar-refractivity contribution is 5.48. The summed E-state index contributed by atoms with van der Waals surface area (Å²) in [6.45, 7) is 1.54. The normalized spacial score (nSPS) is 10.6. The van der Waals surface area contributed by atoms with Crippen molar-refractivity contribution >= 4 is 5.82 Å². The van der Waals surface area contributed by atoms with Crippen molar-refractivity contribution in [1.29, 1.82) is 0 Å². The fourth-order valence-electron chi connectivity index (χ4n) is 1.26. The van der Waals surface area contributed by atoms with Gasteiger partial charge in [0, 0.05) is 19.4 Å². The largest absolute Gasteiger partial charge is 0.381 e. The Bertz CT molecular complexity index is 482. The zero-order valence-corrected chi connectivity index (χ0v) is 8.40. The Morgan fingerprint density at radius 2 is 2.13 bits per heavy atom. The number of nitrogen functional groups attached to an aromatic ring is 1. The first-order chi connectivity index (χ1) is 7.09. The lowest BCUT2D eigenvalue weighted by Crippen LogP contribution is -2.05. The van der Waals surface area contributed by atoms with Gasteiger partial charge in [0.25, 0.3) is 0 Å². The molecule has 2 heterocycles. The van der Waals surface area contributed by atoms with E-state index in [0.29, 0.717) is 11.6 Å². The first-order valence-electron chi connectivity index (χ1n) is 4.37. The summed E-state index contributed by atoms with van der Waals surface area (Å²) in [5, 5.41) is 0. The molecule has 2 aromatic rings. The van der Waals surface area contributed by atoms with E-state index in [1.165, 1.54) is 0 Å². The van der Waals surface area contributed by atoms with Gasteiger partial charge in [0.15, 0.2) is 23.3 Å². The van der Waals surface area contributed by atoms with E-state index in [1.807, 2.05) is 0 Å². The molecule has 0 atom stereocenters. The molecule has 0 radical (unpaired) electrons. The molecule has 2 aromatic heterocycles.